The summed E-state index contributed by atoms with van der Waals surface area (Å²) in [5.74, 6) is 0.647. The number of hydrogen-bond acceptors (Lipinski definition) is 2. The van der Waals surface area contributed by atoms with Gasteiger partial charge in [-0.1, -0.05) is 18.2 Å². The molecule has 21 heavy (non-hydrogen) atoms. The Kier molecular flexibility index (Phi) is 5.15. The Labute approximate surface area is 123 Å². The van der Waals surface area contributed by atoms with Gasteiger partial charge < -0.3 is 15.8 Å². The fraction of sp³-hybridized carbons (Fsp3) is 0.188. The number of halogens is 1. The summed E-state index contributed by atoms with van der Waals surface area (Å²) in [4.78, 5) is 4.22. The van der Waals surface area contributed by atoms with E-state index in [1.165, 1.54) is 12.1 Å². The number of anilines is 1. The average Bonchev–Trinajstić information content (AvgIpc) is 2.49. The van der Waals surface area contributed by atoms with Gasteiger partial charge in [-0.25, -0.2) is 9.38 Å². The van der Waals surface area contributed by atoms with Crippen LogP contribution in [0.15, 0.2) is 59.6 Å². The second-order valence-corrected chi connectivity index (χ2v) is 4.60. The minimum absolute atomic E-state index is 0.161. The van der Waals surface area contributed by atoms with Crippen molar-refractivity contribution in [3.63, 3.8) is 0 Å². The van der Waals surface area contributed by atoms with E-state index in [4.69, 9.17) is 10.5 Å². The third-order valence-electron chi connectivity index (χ3n) is 2.72. The molecule has 0 bridgehead atoms. The first-order valence-corrected chi connectivity index (χ1v) is 6.67. The van der Waals surface area contributed by atoms with Crippen LogP contribution in [-0.2, 0) is 0 Å². The first-order valence-electron chi connectivity index (χ1n) is 6.67. The molecule has 3 N–H and O–H groups in total. The summed E-state index contributed by atoms with van der Waals surface area (Å²) in [5.41, 5.74) is 6.68. The summed E-state index contributed by atoms with van der Waals surface area (Å²) in [6, 6.07) is 15.4. The van der Waals surface area contributed by atoms with E-state index >= 15 is 0 Å². The van der Waals surface area contributed by atoms with Crippen molar-refractivity contribution < 1.29 is 9.13 Å². The van der Waals surface area contributed by atoms with Crippen LogP contribution in [0.4, 0.5) is 10.1 Å². The average molecular weight is 287 g/mol. The van der Waals surface area contributed by atoms with Gasteiger partial charge in [-0.05, 0) is 43.3 Å². The third kappa shape index (κ3) is 5.14. The van der Waals surface area contributed by atoms with Gasteiger partial charge in [0.15, 0.2) is 5.96 Å². The van der Waals surface area contributed by atoms with Crippen molar-refractivity contribution in [1.29, 1.82) is 0 Å². The lowest BCUT2D eigenvalue weighted by molar-refractivity contribution is 0.230. The van der Waals surface area contributed by atoms with Crippen molar-refractivity contribution >= 4 is 11.6 Å². The largest absolute Gasteiger partial charge is 0.489 e. The maximum absolute atomic E-state index is 12.8. The number of para-hydroxylation sites is 1. The van der Waals surface area contributed by atoms with Crippen LogP contribution in [0.1, 0.15) is 6.92 Å². The van der Waals surface area contributed by atoms with Gasteiger partial charge in [-0.2, -0.15) is 0 Å². The number of nitrogens with two attached hydrogens (primary N) is 1. The zero-order valence-electron chi connectivity index (χ0n) is 11.8. The fourth-order valence-corrected chi connectivity index (χ4v) is 1.72. The normalized spacial score (nSPS) is 12.8. The van der Waals surface area contributed by atoms with E-state index in [0.717, 1.165) is 5.69 Å². The zero-order chi connectivity index (χ0) is 15.1. The van der Waals surface area contributed by atoms with Crippen molar-refractivity contribution in [3.8, 4) is 5.75 Å². The molecular formula is C16H18FN3O. The maximum Gasteiger partial charge on any atom is 0.193 e. The van der Waals surface area contributed by atoms with Crippen LogP contribution in [0, 0.1) is 5.82 Å². The predicted octanol–water partition coefficient (Wildman–Crippen LogP) is 3.02. The molecule has 0 heterocycles. The summed E-state index contributed by atoms with van der Waals surface area (Å²) < 4.78 is 18.4. The molecule has 4 nitrogen and oxygen atoms in total. The summed E-state index contributed by atoms with van der Waals surface area (Å²) in [5, 5.41) is 2.99. The molecule has 5 heteroatoms. The summed E-state index contributed by atoms with van der Waals surface area (Å²) in [6.45, 7) is 2.28. The number of benzene rings is 2. The van der Waals surface area contributed by atoms with Crippen LogP contribution in [0.2, 0.25) is 0 Å². The second-order valence-electron chi connectivity index (χ2n) is 4.60. The van der Waals surface area contributed by atoms with E-state index in [-0.39, 0.29) is 11.9 Å². The first-order chi connectivity index (χ1) is 10.1. The van der Waals surface area contributed by atoms with Gasteiger partial charge >= 0.3 is 0 Å². The zero-order valence-corrected chi connectivity index (χ0v) is 11.8. The number of hydrogen-bond donors (Lipinski definition) is 2. The third-order valence-corrected chi connectivity index (χ3v) is 2.72. The van der Waals surface area contributed by atoms with Gasteiger partial charge in [0.25, 0.3) is 0 Å². The van der Waals surface area contributed by atoms with Gasteiger partial charge in [0.2, 0.25) is 0 Å². The molecule has 2 aromatic rings. The molecule has 0 aliphatic carbocycles. The minimum Gasteiger partial charge on any atom is -0.489 e. The minimum atomic E-state index is -0.288. The fourth-order valence-electron chi connectivity index (χ4n) is 1.72. The molecule has 0 saturated heterocycles. The number of rotatable bonds is 5. The molecule has 0 aliphatic heterocycles. The smallest absolute Gasteiger partial charge is 0.193 e. The highest BCUT2D eigenvalue weighted by atomic mass is 19.1. The molecule has 1 atom stereocenters. The van der Waals surface area contributed by atoms with Gasteiger partial charge in [0.05, 0.1) is 6.54 Å². The highest BCUT2D eigenvalue weighted by Gasteiger charge is 2.04. The van der Waals surface area contributed by atoms with Gasteiger partial charge in [0.1, 0.15) is 17.7 Å². The van der Waals surface area contributed by atoms with Crippen LogP contribution in [0.25, 0.3) is 0 Å². The molecule has 0 spiro atoms. The van der Waals surface area contributed by atoms with Crippen LogP contribution in [0.3, 0.4) is 0 Å². The Morgan fingerprint density at radius 1 is 1.19 bits per heavy atom. The molecular weight excluding hydrogens is 269 g/mol. The summed E-state index contributed by atoms with van der Waals surface area (Å²) in [7, 11) is 0. The van der Waals surface area contributed by atoms with E-state index in [9.17, 15) is 4.39 Å². The Morgan fingerprint density at radius 2 is 1.86 bits per heavy atom. The van der Waals surface area contributed by atoms with E-state index in [0.29, 0.717) is 18.3 Å². The van der Waals surface area contributed by atoms with Gasteiger partial charge in [0, 0.05) is 5.69 Å². The lowest BCUT2D eigenvalue weighted by Crippen LogP contribution is -2.25. The van der Waals surface area contributed by atoms with Crippen LogP contribution in [-0.4, -0.2) is 18.6 Å². The van der Waals surface area contributed by atoms with E-state index in [2.05, 4.69) is 10.3 Å². The summed E-state index contributed by atoms with van der Waals surface area (Å²) >= 11 is 0. The molecule has 1 unspecified atom stereocenters. The van der Waals surface area contributed by atoms with Crippen molar-refractivity contribution in [2.75, 3.05) is 11.9 Å². The SMILES string of the molecule is CC(CN=C(N)Nc1ccccc1)Oc1ccc(F)cc1. The van der Waals surface area contributed by atoms with E-state index < -0.39 is 0 Å². The van der Waals surface area contributed by atoms with Crippen LogP contribution in [0.5, 0.6) is 5.75 Å². The Morgan fingerprint density at radius 3 is 2.52 bits per heavy atom. The van der Waals surface area contributed by atoms with E-state index in [1.807, 2.05) is 37.3 Å². The number of aliphatic imine (C=N–C) groups is 1. The molecule has 0 saturated carbocycles. The first kappa shape index (κ1) is 14.8. The number of guanidine groups is 1. The van der Waals surface area contributed by atoms with Gasteiger partial charge in [-0.3, -0.25) is 0 Å². The van der Waals surface area contributed by atoms with Gasteiger partial charge in [-0.15, -0.1) is 0 Å². The summed E-state index contributed by atoms with van der Waals surface area (Å²) in [6.07, 6.45) is -0.161. The molecule has 0 amide bonds. The predicted molar refractivity (Wildman–Crippen MR) is 83.0 cm³/mol. The topological polar surface area (TPSA) is 59.6 Å². The molecule has 2 rings (SSSR count). The van der Waals surface area contributed by atoms with E-state index in [1.54, 1.807) is 12.1 Å². The molecule has 0 aliphatic rings. The van der Waals surface area contributed by atoms with Crippen LogP contribution >= 0.6 is 0 Å². The lowest BCUT2D eigenvalue weighted by atomic mass is 10.3. The van der Waals surface area contributed by atoms with Crippen molar-refractivity contribution in [2.24, 2.45) is 10.7 Å². The second kappa shape index (κ2) is 7.28. The number of ether oxygens (including phenoxy) is 1. The maximum atomic E-state index is 12.8. The molecule has 0 aromatic heterocycles. The Hall–Kier alpha value is -2.56. The van der Waals surface area contributed by atoms with Crippen molar-refractivity contribution in [3.05, 3.63) is 60.4 Å². The standard InChI is InChI=1S/C16H18FN3O/c1-12(21-15-9-7-13(17)8-10-15)11-19-16(18)20-14-5-3-2-4-6-14/h2-10,12H,11H2,1H3,(H3,18,19,20). The number of nitrogens with one attached hydrogen (secondary N) is 1. The van der Waals surface area contributed by atoms with Crippen molar-refractivity contribution in [2.45, 2.75) is 13.0 Å². The highest BCUT2D eigenvalue weighted by molar-refractivity contribution is 5.92. The number of nitrogens with zero attached hydrogens (tertiary/aromatic N) is 1. The highest BCUT2D eigenvalue weighted by Crippen LogP contribution is 2.13. The van der Waals surface area contributed by atoms with Crippen molar-refractivity contribution in [1.82, 2.24) is 0 Å². The molecule has 0 radical (unpaired) electrons. The molecule has 2 aromatic carbocycles. The Balaban J connectivity index is 1.83. The lowest BCUT2D eigenvalue weighted by Gasteiger charge is -2.13. The monoisotopic (exact) mass is 287 g/mol. The molecule has 110 valence electrons. The van der Waals surface area contributed by atoms with Crippen LogP contribution < -0.4 is 15.8 Å². The Bertz CT molecular complexity index is 584. The quantitative estimate of drug-likeness (QED) is 0.656. The molecule has 0 fully saturated rings.